The molecule has 1 aliphatic carbocycles. The van der Waals surface area contributed by atoms with E-state index in [1.807, 2.05) is 0 Å². The van der Waals surface area contributed by atoms with Crippen molar-refractivity contribution in [1.82, 2.24) is 10.2 Å². The van der Waals surface area contributed by atoms with E-state index in [0.29, 0.717) is 28.5 Å². The third kappa shape index (κ3) is 5.30. The van der Waals surface area contributed by atoms with E-state index in [1.54, 1.807) is 0 Å². The summed E-state index contributed by atoms with van der Waals surface area (Å²) in [6.07, 6.45) is 2.84. The molecule has 0 radical (unpaired) electrons. The molecule has 2 aromatic rings. The van der Waals surface area contributed by atoms with E-state index in [1.165, 1.54) is 31.4 Å². The summed E-state index contributed by atoms with van der Waals surface area (Å²) in [5.41, 5.74) is 0.377. The second-order valence-electron chi connectivity index (χ2n) is 6.69. The number of hydrogen-bond donors (Lipinski definition) is 1. The largest absolute Gasteiger partial charge is 0.493 e. The molecular formula is C17H19Cl2N3O5S2. The van der Waals surface area contributed by atoms with Crippen LogP contribution in [0.3, 0.4) is 0 Å². The number of nitrogens with zero attached hydrogens (tertiary/aromatic N) is 2. The summed E-state index contributed by atoms with van der Waals surface area (Å²) >= 11 is 11.8. The predicted molar refractivity (Wildman–Crippen MR) is 111 cm³/mol. The minimum Gasteiger partial charge on any atom is -0.493 e. The van der Waals surface area contributed by atoms with Gasteiger partial charge in [0.2, 0.25) is 15.8 Å². The zero-order valence-electron chi connectivity index (χ0n) is 15.4. The van der Waals surface area contributed by atoms with Crippen molar-refractivity contribution in [3.8, 4) is 5.75 Å². The quantitative estimate of drug-likeness (QED) is 0.645. The van der Waals surface area contributed by atoms with E-state index in [9.17, 15) is 16.8 Å². The zero-order valence-corrected chi connectivity index (χ0v) is 18.6. The monoisotopic (exact) mass is 479 g/mol. The molecular weight excluding hydrogens is 461 g/mol. The summed E-state index contributed by atoms with van der Waals surface area (Å²) in [4.78, 5) is 0. The number of halogens is 2. The van der Waals surface area contributed by atoms with Gasteiger partial charge in [-0.1, -0.05) is 36.0 Å². The molecule has 0 saturated heterocycles. The summed E-state index contributed by atoms with van der Waals surface area (Å²) < 4.78 is 57.8. The van der Waals surface area contributed by atoms with Gasteiger partial charge in [-0.2, -0.15) is 0 Å². The molecule has 1 aliphatic rings. The molecule has 0 amide bonds. The third-order valence-electron chi connectivity index (χ3n) is 4.52. The van der Waals surface area contributed by atoms with E-state index in [2.05, 4.69) is 14.9 Å². The van der Waals surface area contributed by atoms with Crippen LogP contribution < -0.4 is 9.46 Å². The number of rotatable bonds is 7. The molecule has 0 spiro atoms. The van der Waals surface area contributed by atoms with Gasteiger partial charge in [0.15, 0.2) is 20.6 Å². The lowest BCUT2D eigenvalue weighted by atomic mass is 10.2. The van der Waals surface area contributed by atoms with Gasteiger partial charge in [-0.3, -0.25) is 4.72 Å². The standard InChI is InChI=1S/C17H19Cl2N3O5S2/c1-27-15-9-16(29(25,26)14-4-2-3-5-14)20-21-17(15)22-28(23,24)10-11-6-12(18)8-13(19)7-11/h6-9,14H,2-5,10H2,1H3,(H,21,22). The summed E-state index contributed by atoms with van der Waals surface area (Å²) in [5, 5.41) is 7.37. The fraction of sp³-hybridized carbons (Fsp3) is 0.412. The molecule has 1 saturated carbocycles. The molecule has 12 heteroatoms. The lowest BCUT2D eigenvalue weighted by Gasteiger charge is -2.13. The van der Waals surface area contributed by atoms with Gasteiger partial charge in [-0.25, -0.2) is 16.8 Å². The number of aromatic nitrogens is 2. The van der Waals surface area contributed by atoms with E-state index in [4.69, 9.17) is 27.9 Å². The van der Waals surface area contributed by atoms with Crippen LogP contribution in [0, 0.1) is 0 Å². The maximum Gasteiger partial charge on any atom is 0.238 e. The summed E-state index contributed by atoms with van der Waals surface area (Å²) in [6.45, 7) is 0. The second-order valence-corrected chi connectivity index (χ2v) is 11.5. The average molecular weight is 480 g/mol. The van der Waals surface area contributed by atoms with Crippen LogP contribution in [0.1, 0.15) is 31.2 Å². The van der Waals surface area contributed by atoms with Crippen molar-refractivity contribution in [2.45, 2.75) is 41.7 Å². The van der Waals surface area contributed by atoms with Crippen LogP contribution in [-0.4, -0.2) is 39.4 Å². The minimum atomic E-state index is -3.92. The van der Waals surface area contributed by atoms with Gasteiger partial charge in [-0.15, -0.1) is 10.2 Å². The Balaban J connectivity index is 1.85. The van der Waals surface area contributed by atoms with Crippen molar-refractivity contribution in [2.75, 3.05) is 11.8 Å². The highest BCUT2D eigenvalue weighted by atomic mass is 35.5. The van der Waals surface area contributed by atoms with Crippen molar-refractivity contribution < 1.29 is 21.6 Å². The van der Waals surface area contributed by atoms with Crippen molar-refractivity contribution in [3.05, 3.63) is 39.9 Å². The minimum absolute atomic E-state index is 0.0377. The van der Waals surface area contributed by atoms with Crippen LogP contribution in [0.15, 0.2) is 29.3 Å². The van der Waals surface area contributed by atoms with Crippen LogP contribution in [0.5, 0.6) is 5.75 Å². The molecule has 0 bridgehead atoms. The molecule has 1 N–H and O–H groups in total. The van der Waals surface area contributed by atoms with Crippen LogP contribution >= 0.6 is 23.2 Å². The first-order valence-electron chi connectivity index (χ1n) is 8.72. The van der Waals surface area contributed by atoms with E-state index in [-0.39, 0.29) is 16.6 Å². The first-order chi connectivity index (χ1) is 13.6. The molecule has 3 rings (SSSR count). The Morgan fingerprint density at radius 2 is 1.66 bits per heavy atom. The SMILES string of the molecule is COc1cc(S(=O)(=O)C2CCCC2)nnc1NS(=O)(=O)Cc1cc(Cl)cc(Cl)c1. The average Bonchev–Trinajstić information content (AvgIpc) is 3.15. The number of sulfone groups is 1. The Bertz CT molecular complexity index is 1100. The number of methoxy groups -OCH3 is 1. The second kappa shape index (κ2) is 8.63. The highest BCUT2D eigenvalue weighted by molar-refractivity contribution is 7.92. The van der Waals surface area contributed by atoms with E-state index in [0.717, 1.165) is 12.8 Å². The first-order valence-corrected chi connectivity index (χ1v) is 12.7. The molecule has 0 unspecified atom stereocenters. The van der Waals surface area contributed by atoms with Crippen molar-refractivity contribution in [3.63, 3.8) is 0 Å². The van der Waals surface area contributed by atoms with Crippen molar-refractivity contribution >= 4 is 48.9 Å². The lowest BCUT2D eigenvalue weighted by molar-refractivity contribution is 0.411. The first kappa shape index (κ1) is 22.1. The Morgan fingerprint density at radius 1 is 1.03 bits per heavy atom. The number of benzene rings is 1. The number of sulfonamides is 1. The summed E-state index contributed by atoms with van der Waals surface area (Å²) in [5.74, 6) is -0.657. The Morgan fingerprint density at radius 3 is 2.24 bits per heavy atom. The lowest BCUT2D eigenvalue weighted by Crippen LogP contribution is -2.21. The van der Waals surface area contributed by atoms with Crippen LogP contribution in [0.25, 0.3) is 0 Å². The van der Waals surface area contributed by atoms with Gasteiger partial charge in [0.1, 0.15) is 0 Å². The normalized spacial score (nSPS) is 15.4. The van der Waals surface area contributed by atoms with Gasteiger partial charge < -0.3 is 4.74 Å². The van der Waals surface area contributed by atoms with Gasteiger partial charge in [0.25, 0.3) is 0 Å². The topological polar surface area (TPSA) is 115 Å². The fourth-order valence-electron chi connectivity index (χ4n) is 3.19. The molecule has 1 fully saturated rings. The predicted octanol–water partition coefficient (Wildman–Crippen LogP) is 3.45. The summed E-state index contributed by atoms with van der Waals surface area (Å²) in [6, 6.07) is 5.64. The maximum atomic E-state index is 12.7. The molecule has 1 aromatic heterocycles. The smallest absolute Gasteiger partial charge is 0.238 e. The van der Waals surface area contributed by atoms with Gasteiger partial charge in [-0.05, 0) is 36.6 Å². The zero-order chi connectivity index (χ0) is 21.2. The molecule has 0 aliphatic heterocycles. The molecule has 8 nitrogen and oxygen atoms in total. The fourth-order valence-corrected chi connectivity index (χ4v) is 6.60. The number of ether oxygens (including phenoxy) is 1. The van der Waals surface area contributed by atoms with Crippen molar-refractivity contribution in [1.29, 1.82) is 0 Å². The molecule has 0 atom stereocenters. The number of anilines is 1. The van der Waals surface area contributed by atoms with E-state index >= 15 is 0 Å². The Hall–Kier alpha value is -1.62. The van der Waals surface area contributed by atoms with Gasteiger partial charge >= 0.3 is 0 Å². The van der Waals surface area contributed by atoms with Crippen LogP contribution in [0.4, 0.5) is 5.82 Å². The molecule has 29 heavy (non-hydrogen) atoms. The molecule has 158 valence electrons. The summed E-state index contributed by atoms with van der Waals surface area (Å²) in [7, 11) is -6.28. The third-order valence-corrected chi connectivity index (χ3v) is 8.31. The van der Waals surface area contributed by atoms with Gasteiger partial charge in [0, 0.05) is 16.1 Å². The highest BCUT2D eigenvalue weighted by Crippen LogP contribution is 2.32. The van der Waals surface area contributed by atoms with Gasteiger partial charge in [0.05, 0.1) is 18.1 Å². The Labute approximate surface area is 179 Å². The van der Waals surface area contributed by atoms with Crippen LogP contribution in [-0.2, 0) is 25.6 Å². The molecule has 1 heterocycles. The van der Waals surface area contributed by atoms with E-state index < -0.39 is 30.9 Å². The van der Waals surface area contributed by atoms with Crippen molar-refractivity contribution in [2.24, 2.45) is 0 Å². The number of nitrogens with one attached hydrogen (secondary N) is 1. The number of hydrogen-bond acceptors (Lipinski definition) is 7. The van der Waals surface area contributed by atoms with Crippen LogP contribution in [0.2, 0.25) is 10.0 Å². The maximum absolute atomic E-state index is 12.7. The molecule has 1 aromatic carbocycles. The highest BCUT2D eigenvalue weighted by Gasteiger charge is 2.32. The Kier molecular flexibility index (Phi) is 6.57.